The van der Waals surface area contributed by atoms with Gasteiger partial charge in [0.1, 0.15) is 17.8 Å². The summed E-state index contributed by atoms with van der Waals surface area (Å²) in [6, 6.07) is 6.51. The quantitative estimate of drug-likeness (QED) is 0.847. The highest BCUT2D eigenvalue weighted by Gasteiger charge is 2.25. The van der Waals surface area contributed by atoms with Crippen molar-refractivity contribution in [3.63, 3.8) is 0 Å². The molecular weight excluding hydrogens is 238 g/mol. The Labute approximate surface area is 113 Å². The molecule has 0 radical (unpaired) electrons. The van der Waals surface area contributed by atoms with Crippen LogP contribution in [0.15, 0.2) is 35.1 Å². The van der Waals surface area contributed by atoms with Crippen molar-refractivity contribution in [1.29, 1.82) is 0 Å². The lowest BCUT2D eigenvalue weighted by atomic mass is 9.99. The van der Waals surface area contributed by atoms with Gasteiger partial charge in [0.05, 0.1) is 18.3 Å². The summed E-state index contributed by atoms with van der Waals surface area (Å²) in [6.07, 6.45) is 7.14. The van der Waals surface area contributed by atoms with E-state index in [4.69, 9.17) is 4.42 Å². The predicted molar refractivity (Wildman–Crippen MR) is 72.5 cm³/mol. The highest BCUT2D eigenvalue weighted by Crippen LogP contribution is 2.30. The van der Waals surface area contributed by atoms with E-state index in [1.807, 2.05) is 25.3 Å². The molecule has 4 nitrogen and oxygen atoms in total. The van der Waals surface area contributed by atoms with Crippen LogP contribution in [-0.2, 0) is 6.54 Å². The second kappa shape index (κ2) is 5.53. The molecule has 3 heterocycles. The van der Waals surface area contributed by atoms with Gasteiger partial charge >= 0.3 is 0 Å². The minimum atomic E-state index is 0.391. The first-order valence-electron chi connectivity index (χ1n) is 6.88. The minimum Gasteiger partial charge on any atom is -0.465 e. The fourth-order valence-electron chi connectivity index (χ4n) is 2.78. The lowest BCUT2D eigenvalue weighted by Crippen LogP contribution is -2.33. The molecule has 0 spiro atoms. The van der Waals surface area contributed by atoms with E-state index in [9.17, 15) is 0 Å². The Morgan fingerprint density at radius 2 is 2.26 bits per heavy atom. The SMILES string of the molecule is Cc1ccc(CN2CCCCC2c2ccncn2)o1. The molecular formula is C15H19N3O. The normalized spacial score (nSPS) is 20.6. The molecule has 0 aliphatic carbocycles. The van der Waals surface area contributed by atoms with Crippen molar-refractivity contribution in [3.8, 4) is 0 Å². The van der Waals surface area contributed by atoms with Crippen molar-refractivity contribution >= 4 is 0 Å². The minimum absolute atomic E-state index is 0.391. The maximum Gasteiger partial charge on any atom is 0.118 e. The molecule has 19 heavy (non-hydrogen) atoms. The van der Waals surface area contributed by atoms with Gasteiger partial charge in [-0.3, -0.25) is 4.90 Å². The Bertz CT molecular complexity index is 523. The summed E-state index contributed by atoms with van der Waals surface area (Å²) in [7, 11) is 0. The Morgan fingerprint density at radius 3 is 3.00 bits per heavy atom. The monoisotopic (exact) mass is 257 g/mol. The number of rotatable bonds is 3. The van der Waals surface area contributed by atoms with Gasteiger partial charge in [-0.05, 0) is 44.5 Å². The molecule has 3 rings (SSSR count). The van der Waals surface area contributed by atoms with Gasteiger partial charge in [-0.2, -0.15) is 0 Å². The van der Waals surface area contributed by atoms with Crippen LogP contribution in [0.3, 0.4) is 0 Å². The average Bonchev–Trinajstić information content (AvgIpc) is 2.86. The van der Waals surface area contributed by atoms with Gasteiger partial charge in [-0.25, -0.2) is 9.97 Å². The van der Waals surface area contributed by atoms with Gasteiger partial charge in [-0.15, -0.1) is 0 Å². The zero-order valence-electron chi connectivity index (χ0n) is 11.2. The van der Waals surface area contributed by atoms with E-state index >= 15 is 0 Å². The standard InChI is InChI=1S/C15H19N3O/c1-12-5-6-13(19-12)10-18-9-3-2-4-15(18)14-7-8-16-11-17-14/h5-8,11,15H,2-4,9-10H2,1H3. The van der Waals surface area contributed by atoms with E-state index < -0.39 is 0 Å². The first kappa shape index (κ1) is 12.4. The molecule has 1 aliphatic heterocycles. The van der Waals surface area contributed by atoms with Crippen molar-refractivity contribution < 1.29 is 4.42 Å². The third-order valence-electron chi connectivity index (χ3n) is 3.71. The summed E-state index contributed by atoms with van der Waals surface area (Å²) in [6.45, 7) is 3.96. The molecule has 1 aliphatic rings. The zero-order chi connectivity index (χ0) is 13.1. The van der Waals surface area contributed by atoms with Crippen LogP contribution in [0.25, 0.3) is 0 Å². The number of furan rings is 1. The van der Waals surface area contributed by atoms with Gasteiger partial charge in [0.25, 0.3) is 0 Å². The summed E-state index contributed by atoms with van der Waals surface area (Å²) in [5.74, 6) is 2.02. The Morgan fingerprint density at radius 1 is 1.32 bits per heavy atom. The molecule has 2 aromatic heterocycles. The van der Waals surface area contributed by atoms with Crippen LogP contribution in [0.2, 0.25) is 0 Å². The second-order valence-electron chi connectivity index (χ2n) is 5.13. The third kappa shape index (κ3) is 2.84. The predicted octanol–water partition coefficient (Wildman–Crippen LogP) is 3.11. The first-order chi connectivity index (χ1) is 9.33. The fraction of sp³-hybridized carbons (Fsp3) is 0.467. The number of aryl methyl sites for hydroxylation is 1. The average molecular weight is 257 g/mol. The molecule has 1 unspecified atom stereocenters. The van der Waals surface area contributed by atoms with Gasteiger partial charge < -0.3 is 4.42 Å². The van der Waals surface area contributed by atoms with Crippen LogP contribution in [0.5, 0.6) is 0 Å². The van der Waals surface area contributed by atoms with Crippen LogP contribution in [0.4, 0.5) is 0 Å². The van der Waals surface area contributed by atoms with Crippen molar-refractivity contribution in [1.82, 2.24) is 14.9 Å². The van der Waals surface area contributed by atoms with Crippen molar-refractivity contribution in [2.75, 3.05) is 6.54 Å². The van der Waals surface area contributed by atoms with Crippen LogP contribution < -0.4 is 0 Å². The lowest BCUT2D eigenvalue weighted by molar-refractivity contribution is 0.126. The smallest absolute Gasteiger partial charge is 0.118 e. The zero-order valence-corrected chi connectivity index (χ0v) is 11.2. The summed E-state index contributed by atoms with van der Waals surface area (Å²) in [4.78, 5) is 10.9. The third-order valence-corrected chi connectivity index (χ3v) is 3.71. The van der Waals surface area contributed by atoms with Crippen LogP contribution in [0.1, 0.15) is 42.5 Å². The molecule has 100 valence electrons. The number of aromatic nitrogens is 2. The molecule has 0 bridgehead atoms. The van der Waals surface area contributed by atoms with E-state index in [1.165, 1.54) is 12.8 Å². The molecule has 1 fully saturated rings. The summed E-state index contributed by atoms with van der Waals surface area (Å²) in [5.41, 5.74) is 1.12. The van der Waals surface area contributed by atoms with E-state index in [0.717, 1.165) is 36.7 Å². The Hall–Kier alpha value is -1.68. The van der Waals surface area contributed by atoms with Gasteiger partial charge in [0.15, 0.2) is 0 Å². The number of piperidine rings is 1. The van der Waals surface area contributed by atoms with E-state index in [2.05, 4.69) is 20.9 Å². The van der Waals surface area contributed by atoms with Gasteiger partial charge in [0.2, 0.25) is 0 Å². The number of nitrogens with zero attached hydrogens (tertiary/aromatic N) is 3. The van der Waals surface area contributed by atoms with Crippen LogP contribution in [0, 0.1) is 6.92 Å². The number of hydrogen-bond acceptors (Lipinski definition) is 4. The van der Waals surface area contributed by atoms with Crippen molar-refractivity contribution in [2.45, 2.75) is 38.8 Å². The van der Waals surface area contributed by atoms with Gasteiger partial charge in [-0.1, -0.05) is 6.42 Å². The van der Waals surface area contributed by atoms with Crippen molar-refractivity contribution in [2.24, 2.45) is 0 Å². The topological polar surface area (TPSA) is 42.2 Å². The van der Waals surface area contributed by atoms with Crippen molar-refractivity contribution in [3.05, 3.63) is 47.9 Å². The molecule has 0 amide bonds. The number of likely N-dealkylation sites (tertiary alicyclic amines) is 1. The molecule has 0 saturated carbocycles. The summed E-state index contributed by atoms with van der Waals surface area (Å²) >= 11 is 0. The first-order valence-corrected chi connectivity index (χ1v) is 6.88. The molecule has 0 N–H and O–H groups in total. The van der Waals surface area contributed by atoms with Gasteiger partial charge in [0, 0.05) is 6.20 Å². The molecule has 1 atom stereocenters. The van der Waals surface area contributed by atoms with Crippen LogP contribution >= 0.6 is 0 Å². The van der Waals surface area contributed by atoms with E-state index in [0.29, 0.717) is 6.04 Å². The molecule has 1 saturated heterocycles. The Balaban J connectivity index is 1.77. The molecule has 4 heteroatoms. The van der Waals surface area contributed by atoms with Crippen LogP contribution in [-0.4, -0.2) is 21.4 Å². The number of hydrogen-bond donors (Lipinski definition) is 0. The maximum atomic E-state index is 5.70. The summed E-state index contributed by atoms with van der Waals surface area (Å²) in [5, 5.41) is 0. The highest BCUT2D eigenvalue weighted by atomic mass is 16.3. The fourth-order valence-corrected chi connectivity index (χ4v) is 2.78. The lowest BCUT2D eigenvalue weighted by Gasteiger charge is -2.34. The molecule has 0 aromatic carbocycles. The highest BCUT2D eigenvalue weighted by molar-refractivity contribution is 5.09. The Kier molecular flexibility index (Phi) is 3.60. The second-order valence-corrected chi connectivity index (χ2v) is 5.13. The van der Waals surface area contributed by atoms with E-state index in [1.54, 1.807) is 6.33 Å². The maximum absolute atomic E-state index is 5.70. The summed E-state index contributed by atoms with van der Waals surface area (Å²) < 4.78 is 5.70. The largest absolute Gasteiger partial charge is 0.465 e. The van der Waals surface area contributed by atoms with E-state index in [-0.39, 0.29) is 0 Å². The molecule has 2 aromatic rings.